The van der Waals surface area contributed by atoms with Crippen molar-refractivity contribution in [1.82, 2.24) is 10.2 Å². The number of unbranched alkanes of at least 4 members (excludes halogenated alkanes) is 1. The summed E-state index contributed by atoms with van der Waals surface area (Å²) in [6.07, 6.45) is 1.83. The quantitative estimate of drug-likeness (QED) is 0.297. The molecule has 156 valence electrons. The summed E-state index contributed by atoms with van der Waals surface area (Å²) in [5.74, 6) is -2.08. The number of carbonyl (C=O) groups excluding carboxylic acids is 2. The lowest BCUT2D eigenvalue weighted by Gasteiger charge is -2.29. The van der Waals surface area contributed by atoms with Gasteiger partial charge in [-0.2, -0.15) is 0 Å². The van der Waals surface area contributed by atoms with Crippen molar-refractivity contribution < 1.29 is 24.6 Å². The van der Waals surface area contributed by atoms with Crippen LogP contribution in [0.1, 0.15) is 52.4 Å². The van der Waals surface area contributed by atoms with E-state index in [2.05, 4.69) is 5.32 Å². The fraction of sp³-hybridized carbons (Fsp3) is 0.833. The van der Waals surface area contributed by atoms with Gasteiger partial charge in [-0.15, -0.1) is 0 Å². The number of hydrogen-bond donors (Lipinski definition) is 5. The first-order chi connectivity index (χ1) is 12.7. The zero-order chi connectivity index (χ0) is 20.6. The van der Waals surface area contributed by atoms with E-state index < -0.39 is 42.0 Å². The number of carboxylic acid groups (broad SMARTS) is 1. The largest absolute Gasteiger partial charge is 0.480 e. The van der Waals surface area contributed by atoms with Crippen molar-refractivity contribution in [3.05, 3.63) is 0 Å². The molecule has 0 bridgehead atoms. The molecule has 0 aliphatic carbocycles. The van der Waals surface area contributed by atoms with Gasteiger partial charge < -0.3 is 31.9 Å². The molecule has 1 saturated heterocycles. The molecule has 9 nitrogen and oxygen atoms in total. The number of amides is 2. The Morgan fingerprint density at radius 1 is 1.26 bits per heavy atom. The number of nitrogens with two attached hydrogens (primary N) is 2. The predicted molar refractivity (Wildman–Crippen MR) is 101 cm³/mol. The van der Waals surface area contributed by atoms with E-state index in [1.165, 1.54) is 4.90 Å². The van der Waals surface area contributed by atoms with Crippen molar-refractivity contribution in [2.45, 2.75) is 76.6 Å². The number of hydrogen-bond acceptors (Lipinski definition) is 6. The molecule has 1 aliphatic rings. The molecule has 2 amide bonds. The Morgan fingerprint density at radius 3 is 2.48 bits per heavy atom. The molecule has 0 spiro atoms. The van der Waals surface area contributed by atoms with Crippen LogP contribution in [0.3, 0.4) is 0 Å². The van der Waals surface area contributed by atoms with Crippen LogP contribution in [-0.2, 0) is 14.4 Å². The second-order valence-corrected chi connectivity index (χ2v) is 7.61. The van der Waals surface area contributed by atoms with Crippen LogP contribution in [0, 0.1) is 5.92 Å². The van der Waals surface area contributed by atoms with E-state index in [4.69, 9.17) is 11.5 Å². The highest BCUT2D eigenvalue weighted by molar-refractivity contribution is 5.92. The number of nitrogens with zero attached hydrogens (tertiary/aromatic N) is 1. The maximum absolute atomic E-state index is 12.9. The summed E-state index contributed by atoms with van der Waals surface area (Å²) in [5, 5.41) is 22.0. The van der Waals surface area contributed by atoms with E-state index in [1.54, 1.807) is 0 Å². The van der Waals surface area contributed by atoms with Crippen LogP contribution >= 0.6 is 0 Å². The van der Waals surface area contributed by atoms with E-state index >= 15 is 0 Å². The van der Waals surface area contributed by atoms with Crippen LogP contribution in [0.15, 0.2) is 0 Å². The summed E-state index contributed by atoms with van der Waals surface area (Å²) in [4.78, 5) is 37.9. The Bertz CT molecular complexity index is 514. The molecule has 0 radical (unpaired) electrons. The zero-order valence-electron chi connectivity index (χ0n) is 16.3. The Morgan fingerprint density at radius 2 is 1.93 bits per heavy atom. The Labute approximate surface area is 160 Å². The average Bonchev–Trinajstić information content (AvgIpc) is 3.09. The molecule has 4 atom stereocenters. The van der Waals surface area contributed by atoms with Crippen molar-refractivity contribution in [2.24, 2.45) is 17.4 Å². The first kappa shape index (κ1) is 23.3. The molecular formula is C18H34N4O5. The van der Waals surface area contributed by atoms with E-state index in [0.29, 0.717) is 45.2 Å². The number of carboxylic acids is 1. The average molecular weight is 386 g/mol. The minimum Gasteiger partial charge on any atom is -0.480 e. The van der Waals surface area contributed by atoms with Gasteiger partial charge in [0.05, 0.1) is 0 Å². The highest BCUT2D eigenvalue weighted by Gasteiger charge is 2.38. The van der Waals surface area contributed by atoms with Gasteiger partial charge in [-0.1, -0.05) is 20.3 Å². The van der Waals surface area contributed by atoms with Crippen molar-refractivity contribution in [1.29, 1.82) is 0 Å². The number of carbonyl (C=O) groups is 3. The molecule has 0 saturated carbocycles. The van der Waals surface area contributed by atoms with Crippen molar-refractivity contribution >= 4 is 17.8 Å². The molecule has 9 heteroatoms. The Hall–Kier alpha value is -1.71. The minimum atomic E-state index is -1.43. The predicted octanol–water partition coefficient (Wildman–Crippen LogP) is -0.590. The lowest BCUT2D eigenvalue weighted by Crippen LogP contribution is -2.56. The molecule has 1 heterocycles. The topological polar surface area (TPSA) is 159 Å². The fourth-order valence-electron chi connectivity index (χ4n) is 3.31. The van der Waals surface area contributed by atoms with Crippen LogP contribution in [0.4, 0.5) is 0 Å². The van der Waals surface area contributed by atoms with Crippen LogP contribution in [0.5, 0.6) is 0 Å². The second-order valence-electron chi connectivity index (χ2n) is 7.61. The van der Waals surface area contributed by atoms with Gasteiger partial charge in [-0.3, -0.25) is 9.59 Å². The van der Waals surface area contributed by atoms with Gasteiger partial charge in [-0.25, -0.2) is 4.79 Å². The van der Waals surface area contributed by atoms with Crippen LogP contribution in [-0.4, -0.2) is 70.2 Å². The number of rotatable bonds is 11. The van der Waals surface area contributed by atoms with E-state index in [1.807, 2.05) is 13.8 Å². The number of likely N-dealkylation sites (tertiary alicyclic amines) is 1. The van der Waals surface area contributed by atoms with Crippen LogP contribution in [0.25, 0.3) is 0 Å². The van der Waals surface area contributed by atoms with E-state index in [0.717, 1.165) is 6.42 Å². The van der Waals surface area contributed by atoms with Gasteiger partial charge in [0.2, 0.25) is 5.91 Å². The number of aliphatic hydroxyl groups excluding tert-OH is 1. The van der Waals surface area contributed by atoms with Gasteiger partial charge in [0, 0.05) is 12.6 Å². The first-order valence-corrected chi connectivity index (χ1v) is 9.66. The van der Waals surface area contributed by atoms with Crippen molar-refractivity contribution in [3.63, 3.8) is 0 Å². The van der Waals surface area contributed by atoms with Gasteiger partial charge >= 0.3 is 5.97 Å². The highest BCUT2D eigenvalue weighted by atomic mass is 16.4. The molecule has 0 aromatic rings. The summed E-state index contributed by atoms with van der Waals surface area (Å²) in [6, 6.07) is -2.50. The van der Waals surface area contributed by atoms with Gasteiger partial charge in [0.1, 0.15) is 18.2 Å². The van der Waals surface area contributed by atoms with Gasteiger partial charge in [0.25, 0.3) is 5.91 Å². The summed E-state index contributed by atoms with van der Waals surface area (Å²) in [5.41, 5.74) is 11.3. The molecule has 0 aromatic heterocycles. The summed E-state index contributed by atoms with van der Waals surface area (Å²) in [6.45, 7) is 4.67. The maximum Gasteiger partial charge on any atom is 0.326 e. The molecule has 7 N–H and O–H groups in total. The van der Waals surface area contributed by atoms with Gasteiger partial charge in [0.15, 0.2) is 0 Å². The summed E-state index contributed by atoms with van der Waals surface area (Å²) < 4.78 is 0. The van der Waals surface area contributed by atoms with Crippen molar-refractivity contribution in [3.8, 4) is 0 Å². The number of nitrogens with one attached hydrogen (secondary N) is 1. The Kier molecular flexibility index (Phi) is 9.68. The van der Waals surface area contributed by atoms with E-state index in [9.17, 15) is 24.6 Å². The number of aliphatic carboxylic acids is 1. The number of aliphatic hydroxyl groups is 1. The molecule has 27 heavy (non-hydrogen) atoms. The maximum atomic E-state index is 12.9. The third kappa shape index (κ3) is 7.08. The SMILES string of the molecule is CC(C)CC(NC(=O)C(O)C(N)CCCCN)C(=O)N1CCCC1C(=O)O. The van der Waals surface area contributed by atoms with Crippen molar-refractivity contribution in [2.75, 3.05) is 13.1 Å². The standard InChI is InChI=1S/C18H34N4O5/c1-11(2)10-13(17(25)22-9-5-7-14(22)18(26)27)21-16(24)15(23)12(20)6-3-4-8-19/h11-15,23H,3-10,19-20H2,1-2H3,(H,21,24)(H,26,27). The zero-order valence-corrected chi connectivity index (χ0v) is 16.3. The molecule has 1 aliphatic heterocycles. The first-order valence-electron chi connectivity index (χ1n) is 9.66. The lowest BCUT2D eigenvalue weighted by atomic mass is 10.00. The molecule has 0 aromatic carbocycles. The Balaban J connectivity index is 2.77. The minimum absolute atomic E-state index is 0.0977. The summed E-state index contributed by atoms with van der Waals surface area (Å²) >= 11 is 0. The smallest absolute Gasteiger partial charge is 0.326 e. The molecule has 1 fully saturated rings. The molecule has 4 unspecified atom stereocenters. The lowest BCUT2D eigenvalue weighted by molar-refractivity contribution is -0.150. The second kappa shape index (κ2) is 11.2. The third-order valence-electron chi connectivity index (χ3n) is 4.81. The molecular weight excluding hydrogens is 352 g/mol. The monoisotopic (exact) mass is 386 g/mol. The van der Waals surface area contributed by atoms with Crippen LogP contribution < -0.4 is 16.8 Å². The van der Waals surface area contributed by atoms with Crippen LogP contribution in [0.2, 0.25) is 0 Å². The van der Waals surface area contributed by atoms with Gasteiger partial charge in [-0.05, 0) is 44.6 Å². The third-order valence-corrected chi connectivity index (χ3v) is 4.81. The van der Waals surface area contributed by atoms with E-state index in [-0.39, 0.29) is 5.92 Å². The summed E-state index contributed by atoms with van der Waals surface area (Å²) in [7, 11) is 0. The highest BCUT2D eigenvalue weighted by Crippen LogP contribution is 2.20. The normalized spacial score (nSPS) is 20.4. The molecule has 1 rings (SSSR count). The fourth-order valence-corrected chi connectivity index (χ4v) is 3.31.